The fraction of sp³-hybridized carbons (Fsp3) is 0.467. The second-order valence-electron chi connectivity index (χ2n) is 5.99. The van der Waals surface area contributed by atoms with Gasteiger partial charge < -0.3 is 15.9 Å². The van der Waals surface area contributed by atoms with E-state index in [4.69, 9.17) is 0 Å². The van der Waals surface area contributed by atoms with Crippen LogP contribution in [0.4, 0.5) is 0 Å². The number of nitrogens with zero attached hydrogens (tertiary/aromatic N) is 1. The van der Waals surface area contributed by atoms with Gasteiger partial charge in [0, 0.05) is 26.9 Å². The molecule has 0 radical (unpaired) electrons. The van der Waals surface area contributed by atoms with Crippen LogP contribution in [0, 0.1) is 6.92 Å². The summed E-state index contributed by atoms with van der Waals surface area (Å²) in [6, 6.07) is 6.64. The summed E-state index contributed by atoms with van der Waals surface area (Å²) in [4.78, 5) is 4.85. The zero-order chi connectivity index (χ0) is 13.5. The highest BCUT2D eigenvalue weighted by molar-refractivity contribution is 7.97. The van der Waals surface area contributed by atoms with Crippen molar-refractivity contribution in [2.45, 2.75) is 38.0 Å². The molecule has 5 N–H and O–H groups in total. The average Bonchev–Trinajstić information content (AvgIpc) is 2.55. The molecule has 0 unspecified atom stereocenters. The number of hydrogen-bond donors (Lipinski definition) is 1. The Morgan fingerprint density at radius 3 is 2.20 bits per heavy atom. The summed E-state index contributed by atoms with van der Waals surface area (Å²) in [5.41, 5.74) is 4.11. The lowest BCUT2D eigenvalue weighted by molar-refractivity contribution is 0.570. The highest BCUT2D eigenvalue weighted by Gasteiger charge is 2.20. The Labute approximate surface area is 125 Å². The van der Waals surface area contributed by atoms with Gasteiger partial charge in [0.15, 0.2) is 0 Å². The van der Waals surface area contributed by atoms with Gasteiger partial charge >= 0.3 is 0 Å². The van der Waals surface area contributed by atoms with E-state index in [9.17, 15) is 0 Å². The van der Waals surface area contributed by atoms with Gasteiger partial charge in [-0.05, 0) is 56.7 Å². The molecule has 1 heterocycles. The molecule has 0 amide bonds. The van der Waals surface area contributed by atoms with Crippen LogP contribution in [0.3, 0.4) is 0 Å². The molecular weight excluding hydrogens is 272 g/mol. The lowest BCUT2D eigenvalue weighted by Crippen LogP contribution is -2.12. The molecule has 20 heavy (non-hydrogen) atoms. The Hall–Kier alpha value is -1.01. The van der Waals surface area contributed by atoms with Crippen molar-refractivity contribution in [3.8, 4) is 0 Å². The minimum absolute atomic E-state index is 0. The summed E-state index contributed by atoms with van der Waals surface area (Å²) >= 11 is 1.76. The molecule has 4 nitrogen and oxygen atoms in total. The minimum atomic E-state index is 0. The van der Waals surface area contributed by atoms with Crippen LogP contribution in [0.2, 0.25) is 0 Å². The van der Waals surface area contributed by atoms with E-state index >= 15 is 0 Å². The zero-order valence-electron chi connectivity index (χ0n) is 13.1. The van der Waals surface area contributed by atoms with Crippen LogP contribution in [0.15, 0.2) is 23.1 Å². The summed E-state index contributed by atoms with van der Waals surface area (Å²) in [6.07, 6.45) is 0. The van der Waals surface area contributed by atoms with E-state index in [1.165, 1.54) is 27.1 Å². The number of fused-ring (bicyclic) bond motifs is 1. The van der Waals surface area contributed by atoms with E-state index in [-0.39, 0.29) is 16.4 Å². The van der Waals surface area contributed by atoms with Crippen molar-refractivity contribution < 1.29 is 11.0 Å². The molecule has 1 aromatic carbocycles. The number of hydrogen-bond acceptors (Lipinski definition) is 2. The quantitative estimate of drug-likeness (QED) is 0.865. The maximum atomic E-state index is 3.56. The lowest BCUT2D eigenvalue weighted by Gasteiger charge is -2.17. The number of rotatable bonds is 2. The molecule has 114 valence electrons. The maximum absolute atomic E-state index is 3.56. The molecule has 2 aromatic rings. The molecule has 0 spiro atoms. The van der Waals surface area contributed by atoms with E-state index in [2.05, 4.69) is 69.3 Å². The third-order valence-electron chi connectivity index (χ3n) is 3.07. The van der Waals surface area contributed by atoms with Crippen molar-refractivity contribution in [1.29, 1.82) is 0 Å². The van der Waals surface area contributed by atoms with Crippen LogP contribution < -0.4 is 0 Å². The number of aromatic nitrogens is 1. The average molecular weight is 298 g/mol. The molecule has 0 saturated carbocycles. The first kappa shape index (κ1) is 19.0. The predicted molar refractivity (Wildman–Crippen MR) is 88.5 cm³/mol. The largest absolute Gasteiger partial charge is 0.412 e. The van der Waals surface area contributed by atoms with E-state index in [1.54, 1.807) is 11.9 Å². The van der Waals surface area contributed by atoms with Crippen molar-refractivity contribution in [3.05, 3.63) is 29.5 Å². The first-order valence-corrected chi connectivity index (χ1v) is 7.04. The second-order valence-corrected chi connectivity index (χ2v) is 7.37. The number of H-pyrrole nitrogens is 1. The third-order valence-corrected chi connectivity index (χ3v) is 3.90. The smallest absolute Gasteiger partial charge is 0.0459 e. The SMILES string of the molecule is Cc1c(C(C)(C)C)[nH]c2ccc(SN(C)C)cc12.O.O. The number of aromatic amines is 1. The number of nitrogens with one attached hydrogen (secondary N) is 1. The molecule has 0 aliphatic heterocycles. The summed E-state index contributed by atoms with van der Waals surface area (Å²) in [7, 11) is 4.14. The van der Waals surface area contributed by atoms with E-state index in [0.29, 0.717) is 0 Å². The molecule has 0 bridgehead atoms. The summed E-state index contributed by atoms with van der Waals surface area (Å²) < 4.78 is 2.12. The van der Waals surface area contributed by atoms with Crippen molar-refractivity contribution in [1.82, 2.24) is 9.29 Å². The highest BCUT2D eigenvalue weighted by Crippen LogP contribution is 2.33. The monoisotopic (exact) mass is 298 g/mol. The van der Waals surface area contributed by atoms with E-state index in [0.717, 1.165) is 0 Å². The first-order chi connectivity index (χ1) is 8.29. The van der Waals surface area contributed by atoms with Gasteiger partial charge in [-0.3, -0.25) is 4.31 Å². The second kappa shape index (κ2) is 6.63. The molecule has 5 heteroatoms. The standard InChI is InChI=1S/C15H22N2S.2H2O/c1-10-12-9-11(18-17(5)6)7-8-13(12)16-14(10)15(2,3)4;;/h7-9,16H,1-6H3;2*1H2. The van der Waals surface area contributed by atoms with Crippen LogP contribution in [-0.2, 0) is 5.41 Å². The predicted octanol–water partition coefficient (Wildman–Crippen LogP) is 2.69. The van der Waals surface area contributed by atoms with Crippen molar-refractivity contribution in [3.63, 3.8) is 0 Å². The molecule has 0 aliphatic rings. The van der Waals surface area contributed by atoms with Gasteiger partial charge in [-0.2, -0.15) is 0 Å². The summed E-state index contributed by atoms with van der Waals surface area (Å²) in [6.45, 7) is 8.96. The van der Waals surface area contributed by atoms with E-state index < -0.39 is 0 Å². The first-order valence-electron chi connectivity index (χ1n) is 6.27. The van der Waals surface area contributed by atoms with Gasteiger partial charge in [0.2, 0.25) is 0 Å². The third kappa shape index (κ3) is 3.76. The van der Waals surface area contributed by atoms with Crippen molar-refractivity contribution >= 4 is 22.9 Å². The van der Waals surface area contributed by atoms with Crippen LogP contribution in [0.25, 0.3) is 10.9 Å². The Morgan fingerprint density at radius 1 is 1.10 bits per heavy atom. The molecule has 1 aromatic heterocycles. The van der Waals surface area contributed by atoms with Gasteiger partial charge in [-0.15, -0.1) is 0 Å². The van der Waals surface area contributed by atoms with Crippen molar-refractivity contribution in [2.24, 2.45) is 0 Å². The summed E-state index contributed by atoms with van der Waals surface area (Å²) in [5.74, 6) is 0. The van der Waals surface area contributed by atoms with Crippen LogP contribution >= 0.6 is 11.9 Å². The Bertz CT molecular complexity index is 571. The zero-order valence-corrected chi connectivity index (χ0v) is 13.9. The molecule has 0 atom stereocenters. The number of benzene rings is 1. The Balaban J connectivity index is 0.00000180. The number of aryl methyl sites for hydroxylation is 1. The maximum Gasteiger partial charge on any atom is 0.0459 e. The van der Waals surface area contributed by atoms with Crippen LogP contribution in [0.1, 0.15) is 32.0 Å². The van der Waals surface area contributed by atoms with Gasteiger partial charge in [0.1, 0.15) is 0 Å². The van der Waals surface area contributed by atoms with Gasteiger partial charge in [0.25, 0.3) is 0 Å². The van der Waals surface area contributed by atoms with E-state index in [1.807, 2.05) is 0 Å². The Kier molecular flexibility index (Phi) is 6.29. The van der Waals surface area contributed by atoms with Gasteiger partial charge in [-0.25, -0.2) is 0 Å². The minimum Gasteiger partial charge on any atom is -0.412 e. The molecule has 0 aliphatic carbocycles. The molecule has 0 saturated heterocycles. The fourth-order valence-electron chi connectivity index (χ4n) is 2.32. The lowest BCUT2D eigenvalue weighted by atomic mass is 9.89. The van der Waals surface area contributed by atoms with Crippen molar-refractivity contribution in [2.75, 3.05) is 14.1 Å². The van der Waals surface area contributed by atoms with Crippen LogP contribution in [0.5, 0.6) is 0 Å². The molecular formula is C15H26N2O2S. The van der Waals surface area contributed by atoms with Gasteiger partial charge in [-0.1, -0.05) is 20.8 Å². The van der Waals surface area contributed by atoms with Crippen LogP contribution in [-0.4, -0.2) is 34.3 Å². The molecule has 0 fully saturated rings. The molecule has 2 rings (SSSR count). The fourth-order valence-corrected chi connectivity index (χ4v) is 3.04. The normalized spacial score (nSPS) is 11.3. The summed E-state index contributed by atoms with van der Waals surface area (Å²) in [5, 5.41) is 1.34. The van der Waals surface area contributed by atoms with Gasteiger partial charge in [0.05, 0.1) is 0 Å². The highest BCUT2D eigenvalue weighted by atomic mass is 32.2. The topological polar surface area (TPSA) is 82.0 Å². The Morgan fingerprint density at radius 2 is 1.70 bits per heavy atom.